The predicted octanol–water partition coefficient (Wildman–Crippen LogP) is 3.13. The molecule has 2 heterocycles. The summed E-state index contributed by atoms with van der Waals surface area (Å²) in [6, 6.07) is 8.18. The van der Waals surface area contributed by atoms with Crippen molar-refractivity contribution in [2.24, 2.45) is 0 Å². The molecule has 0 radical (unpaired) electrons. The fourth-order valence-electron chi connectivity index (χ4n) is 2.95. The molecule has 0 saturated carbocycles. The second-order valence-corrected chi connectivity index (χ2v) is 5.93. The maximum absolute atomic E-state index is 13.0. The third-order valence-corrected chi connectivity index (χ3v) is 4.26. The number of pyridine rings is 1. The van der Waals surface area contributed by atoms with Gasteiger partial charge in [0.1, 0.15) is 5.82 Å². The van der Waals surface area contributed by atoms with Crippen molar-refractivity contribution >= 4 is 11.6 Å². The van der Waals surface area contributed by atoms with Crippen LogP contribution in [0.15, 0.2) is 42.7 Å². The highest BCUT2D eigenvalue weighted by atomic mass is 19.1. The van der Waals surface area contributed by atoms with Crippen LogP contribution >= 0.6 is 0 Å². The summed E-state index contributed by atoms with van der Waals surface area (Å²) in [5.74, 6) is -0.239. The third-order valence-electron chi connectivity index (χ3n) is 4.26. The molecular formula is C18H20FN3O. The summed E-state index contributed by atoms with van der Waals surface area (Å²) >= 11 is 0. The SMILES string of the molecule is Cc1ccncc1NC(=O)C1CCCN1Cc1ccc(F)cc1. The normalized spacial score (nSPS) is 18.1. The van der Waals surface area contributed by atoms with Crippen LogP contribution in [0.5, 0.6) is 0 Å². The van der Waals surface area contributed by atoms with Crippen molar-refractivity contribution in [2.75, 3.05) is 11.9 Å². The molecule has 1 atom stereocenters. The number of carbonyl (C=O) groups is 1. The Bertz CT molecular complexity index is 687. The average Bonchev–Trinajstić information content (AvgIpc) is 3.00. The van der Waals surface area contributed by atoms with Crippen LogP contribution in [0.4, 0.5) is 10.1 Å². The Morgan fingerprint density at radius 2 is 2.13 bits per heavy atom. The minimum atomic E-state index is -0.239. The molecule has 3 rings (SSSR count). The highest BCUT2D eigenvalue weighted by Crippen LogP contribution is 2.22. The lowest BCUT2D eigenvalue weighted by molar-refractivity contribution is -0.120. The van der Waals surface area contributed by atoms with Crippen molar-refractivity contribution in [3.8, 4) is 0 Å². The predicted molar refractivity (Wildman–Crippen MR) is 87.4 cm³/mol. The highest BCUT2D eigenvalue weighted by Gasteiger charge is 2.30. The van der Waals surface area contributed by atoms with Gasteiger partial charge in [-0.2, -0.15) is 0 Å². The average molecular weight is 313 g/mol. The fraction of sp³-hybridized carbons (Fsp3) is 0.333. The summed E-state index contributed by atoms with van der Waals surface area (Å²) in [6.07, 6.45) is 5.21. The molecule has 4 nitrogen and oxygen atoms in total. The summed E-state index contributed by atoms with van der Waals surface area (Å²) in [5.41, 5.74) is 2.77. The summed E-state index contributed by atoms with van der Waals surface area (Å²) in [7, 11) is 0. The molecule has 1 unspecified atom stereocenters. The topological polar surface area (TPSA) is 45.2 Å². The first kappa shape index (κ1) is 15.6. The maximum Gasteiger partial charge on any atom is 0.241 e. The van der Waals surface area contributed by atoms with Crippen molar-refractivity contribution in [2.45, 2.75) is 32.4 Å². The monoisotopic (exact) mass is 313 g/mol. The molecule has 1 aliphatic rings. The first-order valence-corrected chi connectivity index (χ1v) is 7.83. The zero-order valence-corrected chi connectivity index (χ0v) is 13.1. The van der Waals surface area contributed by atoms with Gasteiger partial charge in [0.15, 0.2) is 0 Å². The molecule has 23 heavy (non-hydrogen) atoms. The molecule has 120 valence electrons. The second kappa shape index (κ2) is 6.87. The van der Waals surface area contributed by atoms with Gasteiger partial charge < -0.3 is 5.32 Å². The van der Waals surface area contributed by atoms with E-state index in [0.717, 1.165) is 36.2 Å². The lowest BCUT2D eigenvalue weighted by atomic mass is 10.1. The molecular weight excluding hydrogens is 293 g/mol. The molecule has 5 heteroatoms. The Kier molecular flexibility index (Phi) is 4.67. The molecule has 1 aromatic carbocycles. The van der Waals surface area contributed by atoms with Crippen LogP contribution in [0, 0.1) is 12.7 Å². The first-order valence-electron chi connectivity index (χ1n) is 7.83. The first-order chi connectivity index (χ1) is 11.1. The largest absolute Gasteiger partial charge is 0.323 e. The summed E-state index contributed by atoms with van der Waals surface area (Å²) < 4.78 is 13.0. The lowest BCUT2D eigenvalue weighted by Gasteiger charge is -2.24. The van der Waals surface area contributed by atoms with Crippen LogP contribution < -0.4 is 5.32 Å². The van der Waals surface area contributed by atoms with Crippen molar-refractivity contribution in [3.05, 3.63) is 59.7 Å². The third kappa shape index (κ3) is 3.74. The molecule has 0 aliphatic carbocycles. The van der Waals surface area contributed by atoms with Crippen LogP contribution in [0.2, 0.25) is 0 Å². The number of anilines is 1. The molecule has 1 saturated heterocycles. The van der Waals surface area contributed by atoms with Crippen molar-refractivity contribution in [1.82, 2.24) is 9.88 Å². The number of halogens is 1. The van der Waals surface area contributed by atoms with E-state index in [1.807, 2.05) is 13.0 Å². The van der Waals surface area contributed by atoms with Crippen LogP contribution in [-0.4, -0.2) is 28.4 Å². The zero-order valence-electron chi connectivity index (χ0n) is 13.1. The molecule has 1 aromatic heterocycles. The van der Waals surface area contributed by atoms with Gasteiger partial charge in [-0.25, -0.2) is 4.39 Å². The number of amides is 1. The van der Waals surface area contributed by atoms with Gasteiger partial charge in [-0.15, -0.1) is 0 Å². The molecule has 1 fully saturated rings. The van der Waals surface area contributed by atoms with E-state index in [1.54, 1.807) is 24.5 Å². The van der Waals surface area contributed by atoms with Gasteiger partial charge in [-0.05, 0) is 55.6 Å². The smallest absolute Gasteiger partial charge is 0.241 e. The van der Waals surface area contributed by atoms with E-state index in [0.29, 0.717) is 6.54 Å². The number of hydrogen-bond acceptors (Lipinski definition) is 3. The van der Waals surface area contributed by atoms with Crippen molar-refractivity contribution in [1.29, 1.82) is 0 Å². The molecule has 1 N–H and O–H groups in total. The maximum atomic E-state index is 13.0. The minimum Gasteiger partial charge on any atom is -0.323 e. The number of aromatic nitrogens is 1. The number of aryl methyl sites for hydroxylation is 1. The number of nitrogens with one attached hydrogen (secondary N) is 1. The lowest BCUT2D eigenvalue weighted by Crippen LogP contribution is -2.39. The van der Waals surface area contributed by atoms with E-state index < -0.39 is 0 Å². The Hall–Kier alpha value is -2.27. The van der Waals surface area contributed by atoms with E-state index in [-0.39, 0.29) is 17.8 Å². The van der Waals surface area contributed by atoms with Gasteiger partial charge in [0.2, 0.25) is 5.91 Å². The molecule has 0 spiro atoms. The standard InChI is InChI=1S/C18H20FN3O/c1-13-8-9-20-11-16(13)21-18(23)17-3-2-10-22(17)12-14-4-6-15(19)7-5-14/h4-9,11,17H,2-3,10,12H2,1H3,(H,21,23). The van der Waals surface area contributed by atoms with Gasteiger partial charge in [0.05, 0.1) is 17.9 Å². The van der Waals surface area contributed by atoms with Crippen molar-refractivity contribution in [3.63, 3.8) is 0 Å². The van der Waals surface area contributed by atoms with Crippen LogP contribution in [0.1, 0.15) is 24.0 Å². The zero-order chi connectivity index (χ0) is 16.2. The molecule has 0 bridgehead atoms. The van der Waals surface area contributed by atoms with E-state index >= 15 is 0 Å². The Labute approximate surface area is 135 Å². The molecule has 1 amide bonds. The number of rotatable bonds is 4. The molecule has 1 aliphatic heterocycles. The minimum absolute atomic E-state index is 0.000659. The van der Waals surface area contributed by atoms with Crippen LogP contribution in [-0.2, 0) is 11.3 Å². The Balaban J connectivity index is 1.67. The summed E-state index contributed by atoms with van der Waals surface area (Å²) in [5, 5.41) is 2.97. The van der Waals surface area contributed by atoms with Crippen LogP contribution in [0.25, 0.3) is 0 Å². The van der Waals surface area contributed by atoms with Gasteiger partial charge in [-0.1, -0.05) is 12.1 Å². The fourth-order valence-corrected chi connectivity index (χ4v) is 2.95. The highest BCUT2D eigenvalue weighted by molar-refractivity contribution is 5.95. The molecule has 2 aromatic rings. The van der Waals surface area contributed by atoms with E-state index in [4.69, 9.17) is 0 Å². The van der Waals surface area contributed by atoms with Gasteiger partial charge in [0, 0.05) is 12.7 Å². The Morgan fingerprint density at radius 1 is 1.35 bits per heavy atom. The number of hydrogen-bond donors (Lipinski definition) is 1. The van der Waals surface area contributed by atoms with E-state index in [2.05, 4.69) is 15.2 Å². The van der Waals surface area contributed by atoms with E-state index in [1.165, 1.54) is 12.1 Å². The number of benzene rings is 1. The number of likely N-dealkylation sites (tertiary alicyclic amines) is 1. The van der Waals surface area contributed by atoms with Gasteiger partial charge in [0.25, 0.3) is 0 Å². The Morgan fingerprint density at radius 3 is 2.87 bits per heavy atom. The second-order valence-electron chi connectivity index (χ2n) is 5.93. The van der Waals surface area contributed by atoms with Gasteiger partial charge in [-0.3, -0.25) is 14.7 Å². The number of nitrogens with zero attached hydrogens (tertiary/aromatic N) is 2. The quantitative estimate of drug-likeness (QED) is 0.943. The van der Waals surface area contributed by atoms with E-state index in [9.17, 15) is 9.18 Å². The van der Waals surface area contributed by atoms with Crippen molar-refractivity contribution < 1.29 is 9.18 Å². The number of carbonyl (C=O) groups excluding carboxylic acids is 1. The summed E-state index contributed by atoms with van der Waals surface area (Å²) in [6.45, 7) is 3.48. The van der Waals surface area contributed by atoms with Gasteiger partial charge >= 0.3 is 0 Å². The summed E-state index contributed by atoms with van der Waals surface area (Å²) in [4.78, 5) is 18.8. The van der Waals surface area contributed by atoms with Crippen LogP contribution in [0.3, 0.4) is 0 Å².